The number of hydrogen-bond acceptors (Lipinski definition) is 3. The number of hydrogen-bond donors (Lipinski definition) is 1. The Morgan fingerprint density at radius 3 is 2.31 bits per heavy atom. The fraction of sp³-hybridized carbons (Fsp3) is 0.364. The van der Waals surface area contributed by atoms with Crippen LogP contribution < -0.4 is 10.1 Å². The summed E-state index contributed by atoms with van der Waals surface area (Å²) in [6.07, 6.45) is 0.792. The van der Waals surface area contributed by atoms with Gasteiger partial charge in [-0.25, -0.2) is 4.39 Å². The topological polar surface area (TPSA) is 58.6 Å². The number of amides is 2. The van der Waals surface area contributed by atoms with Gasteiger partial charge < -0.3 is 15.0 Å². The van der Waals surface area contributed by atoms with Gasteiger partial charge in [-0.3, -0.25) is 9.59 Å². The summed E-state index contributed by atoms with van der Waals surface area (Å²) in [5, 5.41) is 2.91. The fourth-order valence-electron chi connectivity index (χ4n) is 2.59. The molecule has 2 amide bonds. The van der Waals surface area contributed by atoms with E-state index in [0.717, 1.165) is 15.6 Å². The molecule has 2 rings (SSSR count). The number of benzene rings is 2. The maximum Gasteiger partial charge on any atom is 0.261 e. The zero-order valence-corrected chi connectivity index (χ0v) is 19.0. The van der Waals surface area contributed by atoms with Crippen molar-refractivity contribution in [3.8, 4) is 5.75 Å². The van der Waals surface area contributed by atoms with Crippen molar-refractivity contribution in [2.75, 3.05) is 6.61 Å². The number of halogens is 2. The van der Waals surface area contributed by atoms with Gasteiger partial charge in [0, 0.05) is 16.2 Å². The van der Waals surface area contributed by atoms with Gasteiger partial charge in [-0.1, -0.05) is 19.1 Å². The van der Waals surface area contributed by atoms with E-state index in [-0.39, 0.29) is 36.8 Å². The number of nitrogens with zero attached hydrogens (tertiary/aromatic N) is 1. The largest absolute Gasteiger partial charge is 0.484 e. The highest BCUT2D eigenvalue weighted by atomic mass is 127. The van der Waals surface area contributed by atoms with Crippen LogP contribution in [0.3, 0.4) is 0 Å². The van der Waals surface area contributed by atoms with Gasteiger partial charge in [0.1, 0.15) is 17.6 Å². The summed E-state index contributed by atoms with van der Waals surface area (Å²) >= 11 is 2.19. The Bertz CT molecular complexity index is 812. The summed E-state index contributed by atoms with van der Waals surface area (Å²) < 4.78 is 19.9. The predicted octanol–water partition coefficient (Wildman–Crippen LogP) is 4.14. The standard InChI is InChI=1S/C22H26FIN2O3/c1-4-15(2)25-22(28)16(3)26(13-17-5-7-18(23)8-6-17)21(27)14-29-20-11-9-19(24)10-12-20/h5-12,15-16H,4,13-14H2,1-3H3,(H,25,28)/t15-,16-/m1/s1. The van der Waals surface area contributed by atoms with Crippen LogP contribution in [0.4, 0.5) is 4.39 Å². The maximum absolute atomic E-state index is 13.2. The molecule has 29 heavy (non-hydrogen) atoms. The lowest BCUT2D eigenvalue weighted by Crippen LogP contribution is -2.50. The van der Waals surface area contributed by atoms with E-state index in [1.807, 2.05) is 26.0 Å². The Hall–Kier alpha value is -2.16. The van der Waals surface area contributed by atoms with Crippen molar-refractivity contribution in [1.29, 1.82) is 0 Å². The SMILES string of the molecule is CC[C@@H](C)NC(=O)[C@@H](C)N(Cc1ccc(F)cc1)C(=O)COc1ccc(I)cc1. The van der Waals surface area contributed by atoms with Crippen molar-refractivity contribution < 1.29 is 18.7 Å². The van der Waals surface area contributed by atoms with Crippen LogP contribution >= 0.6 is 22.6 Å². The van der Waals surface area contributed by atoms with Gasteiger partial charge >= 0.3 is 0 Å². The van der Waals surface area contributed by atoms with E-state index in [4.69, 9.17) is 4.74 Å². The lowest BCUT2D eigenvalue weighted by Gasteiger charge is -2.29. The quantitative estimate of drug-likeness (QED) is 0.514. The molecule has 0 bridgehead atoms. The minimum atomic E-state index is -0.693. The van der Waals surface area contributed by atoms with Gasteiger partial charge in [-0.15, -0.1) is 0 Å². The summed E-state index contributed by atoms with van der Waals surface area (Å²) in [6.45, 7) is 5.57. The molecule has 0 saturated heterocycles. The van der Waals surface area contributed by atoms with Crippen molar-refractivity contribution in [2.24, 2.45) is 0 Å². The van der Waals surface area contributed by atoms with Crippen molar-refractivity contribution >= 4 is 34.4 Å². The number of carbonyl (C=O) groups excluding carboxylic acids is 2. The normalized spacial score (nSPS) is 12.7. The van der Waals surface area contributed by atoms with Gasteiger partial charge in [-0.2, -0.15) is 0 Å². The van der Waals surface area contributed by atoms with E-state index in [9.17, 15) is 14.0 Å². The molecule has 0 heterocycles. The van der Waals surface area contributed by atoms with E-state index < -0.39 is 6.04 Å². The molecular weight excluding hydrogens is 486 g/mol. The first-order chi connectivity index (χ1) is 13.8. The lowest BCUT2D eigenvalue weighted by molar-refractivity contribution is -0.142. The highest BCUT2D eigenvalue weighted by Gasteiger charge is 2.27. The van der Waals surface area contributed by atoms with Crippen LogP contribution in [0.2, 0.25) is 0 Å². The first-order valence-electron chi connectivity index (χ1n) is 9.52. The lowest BCUT2D eigenvalue weighted by atomic mass is 10.1. The van der Waals surface area contributed by atoms with Crippen molar-refractivity contribution in [3.05, 3.63) is 63.5 Å². The second-order valence-electron chi connectivity index (χ2n) is 6.88. The smallest absolute Gasteiger partial charge is 0.261 e. The average molecular weight is 512 g/mol. The van der Waals surface area contributed by atoms with Crippen LogP contribution in [0.5, 0.6) is 5.75 Å². The van der Waals surface area contributed by atoms with Crippen molar-refractivity contribution in [1.82, 2.24) is 10.2 Å². The summed E-state index contributed by atoms with van der Waals surface area (Å²) in [5.74, 6) is -0.322. The molecule has 5 nitrogen and oxygen atoms in total. The molecule has 0 aliphatic heterocycles. The Morgan fingerprint density at radius 2 is 1.72 bits per heavy atom. The fourth-order valence-corrected chi connectivity index (χ4v) is 2.95. The molecule has 1 N–H and O–H groups in total. The van der Waals surface area contributed by atoms with E-state index in [1.165, 1.54) is 17.0 Å². The third-order valence-corrected chi connectivity index (χ3v) is 5.33. The van der Waals surface area contributed by atoms with Crippen molar-refractivity contribution in [3.63, 3.8) is 0 Å². The van der Waals surface area contributed by atoms with Crippen LogP contribution in [0.15, 0.2) is 48.5 Å². The molecule has 0 aliphatic carbocycles. The molecule has 156 valence electrons. The van der Waals surface area contributed by atoms with E-state index in [2.05, 4.69) is 27.9 Å². The zero-order valence-electron chi connectivity index (χ0n) is 16.8. The molecule has 2 atom stereocenters. The number of nitrogens with one attached hydrogen (secondary N) is 1. The third kappa shape index (κ3) is 7.30. The Balaban J connectivity index is 2.13. The number of rotatable bonds is 9. The van der Waals surface area contributed by atoms with E-state index in [0.29, 0.717) is 5.75 Å². The van der Waals surface area contributed by atoms with Gasteiger partial charge in [0.05, 0.1) is 0 Å². The Morgan fingerprint density at radius 1 is 1.10 bits per heavy atom. The van der Waals surface area contributed by atoms with Crippen LogP contribution in [-0.4, -0.2) is 35.4 Å². The third-order valence-electron chi connectivity index (χ3n) is 4.61. The van der Waals surface area contributed by atoms with Crippen LogP contribution in [-0.2, 0) is 16.1 Å². The van der Waals surface area contributed by atoms with Gasteiger partial charge in [0.25, 0.3) is 5.91 Å². The highest BCUT2D eigenvalue weighted by Crippen LogP contribution is 2.15. The molecule has 2 aromatic carbocycles. The predicted molar refractivity (Wildman–Crippen MR) is 119 cm³/mol. The summed E-state index contributed by atoms with van der Waals surface area (Å²) in [6, 6.07) is 12.6. The Labute approximate surface area is 184 Å². The highest BCUT2D eigenvalue weighted by molar-refractivity contribution is 14.1. The molecule has 7 heteroatoms. The minimum Gasteiger partial charge on any atom is -0.484 e. The summed E-state index contributed by atoms with van der Waals surface area (Å²) in [7, 11) is 0. The average Bonchev–Trinajstić information content (AvgIpc) is 2.72. The number of carbonyl (C=O) groups is 2. The van der Waals surface area contributed by atoms with Crippen LogP contribution in [0.25, 0.3) is 0 Å². The monoisotopic (exact) mass is 512 g/mol. The molecule has 0 saturated carbocycles. The molecule has 0 fully saturated rings. The van der Waals surface area contributed by atoms with Gasteiger partial charge in [0.2, 0.25) is 5.91 Å². The second kappa shape index (κ2) is 11.1. The zero-order chi connectivity index (χ0) is 21.4. The second-order valence-corrected chi connectivity index (χ2v) is 8.13. The Kier molecular flexibility index (Phi) is 8.88. The molecule has 0 spiro atoms. The van der Waals surface area contributed by atoms with Gasteiger partial charge in [-0.05, 0) is 84.8 Å². The molecule has 2 aromatic rings. The summed E-state index contributed by atoms with van der Waals surface area (Å²) in [4.78, 5) is 27.0. The number of ether oxygens (including phenoxy) is 1. The van der Waals surface area contributed by atoms with Crippen LogP contribution in [0.1, 0.15) is 32.8 Å². The van der Waals surface area contributed by atoms with E-state index in [1.54, 1.807) is 31.2 Å². The molecule has 0 aromatic heterocycles. The first-order valence-corrected chi connectivity index (χ1v) is 10.6. The van der Waals surface area contributed by atoms with E-state index >= 15 is 0 Å². The molecule has 0 radical (unpaired) electrons. The van der Waals surface area contributed by atoms with Crippen LogP contribution in [0, 0.1) is 9.39 Å². The minimum absolute atomic E-state index is 0.00997. The van der Waals surface area contributed by atoms with Gasteiger partial charge in [0.15, 0.2) is 6.61 Å². The van der Waals surface area contributed by atoms with Crippen molar-refractivity contribution in [2.45, 2.75) is 45.8 Å². The maximum atomic E-state index is 13.2. The summed E-state index contributed by atoms with van der Waals surface area (Å²) in [5.41, 5.74) is 0.734. The first kappa shape index (κ1) is 23.1. The molecule has 0 aliphatic rings. The molecular formula is C22H26FIN2O3. The molecule has 0 unspecified atom stereocenters.